The molecule has 5 heterocycles. The molecule has 0 bridgehead atoms. The van der Waals surface area contributed by atoms with Crippen LogP contribution >= 0.6 is 0 Å². The minimum absolute atomic E-state index is 0.0118. The number of anilines is 1. The molecule has 0 spiro atoms. The van der Waals surface area contributed by atoms with E-state index in [-0.39, 0.29) is 47.2 Å². The van der Waals surface area contributed by atoms with Crippen LogP contribution in [0.3, 0.4) is 0 Å². The largest absolute Gasteiger partial charge is 0.444 e. The number of alkyl halides is 2. The highest BCUT2D eigenvalue weighted by Gasteiger charge is 2.36. The number of hydrogen-bond acceptors (Lipinski definition) is 10. The summed E-state index contributed by atoms with van der Waals surface area (Å²) < 4.78 is 44.6. The van der Waals surface area contributed by atoms with E-state index in [2.05, 4.69) is 32.3 Å². The van der Waals surface area contributed by atoms with Crippen LogP contribution in [0.15, 0.2) is 58.2 Å². The molecule has 4 aromatic heterocycles. The first-order valence-electron chi connectivity index (χ1n) is 22.3. The molecule has 2 aliphatic carbocycles. The number of aromatic nitrogens is 6. The van der Waals surface area contributed by atoms with Crippen molar-refractivity contribution < 1.29 is 32.3 Å². The number of aryl methyl sites for hydroxylation is 3. The van der Waals surface area contributed by atoms with Crippen LogP contribution in [0.4, 0.5) is 14.5 Å². The maximum Gasteiger partial charge on any atom is 0.329 e. The van der Waals surface area contributed by atoms with Crippen molar-refractivity contribution in [3.8, 4) is 11.5 Å². The summed E-state index contributed by atoms with van der Waals surface area (Å²) in [5, 5.41) is 6.84. The van der Waals surface area contributed by atoms with E-state index < -0.39 is 24.1 Å². The molecule has 63 heavy (non-hydrogen) atoms. The van der Waals surface area contributed by atoms with Crippen molar-refractivity contribution in [1.29, 1.82) is 0 Å². The number of carbonyl (C=O) groups excluding carboxylic acids is 3. The van der Waals surface area contributed by atoms with Gasteiger partial charge in [0.15, 0.2) is 11.4 Å². The Kier molecular flexibility index (Phi) is 13.6. The number of amides is 3. The lowest BCUT2D eigenvalue weighted by Gasteiger charge is -2.31. The molecule has 8 rings (SSSR count). The van der Waals surface area contributed by atoms with E-state index in [1.165, 1.54) is 36.9 Å². The average molecular weight is 870 g/mol. The number of pyridine rings is 1. The average Bonchev–Trinajstić information content (AvgIpc) is 3.68. The maximum absolute atomic E-state index is 14.2. The van der Waals surface area contributed by atoms with Gasteiger partial charge >= 0.3 is 5.69 Å². The number of imide groups is 1. The number of ether oxygens (including phenoxy) is 1. The Morgan fingerprint density at radius 1 is 1.00 bits per heavy atom. The fourth-order valence-corrected chi connectivity index (χ4v) is 9.24. The van der Waals surface area contributed by atoms with Gasteiger partial charge in [-0.3, -0.25) is 38.1 Å². The summed E-state index contributed by atoms with van der Waals surface area (Å²) in [7, 11) is 5.30. The summed E-state index contributed by atoms with van der Waals surface area (Å²) in [5.74, 6) is 0.286. The second-order valence-electron chi connectivity index (χ2n) is 17.6. The Bertz CT molecular complexity index is 2480. The summed E-state index contributed by atoms with van der Waals surface area (Å²) in [5.41, 5.74) is 3.38. The second-order valence-corrected chi connectivity index (χ2v) is 17.6. The maximum atomic E-state index is 14.2. The molecule has 336 valence electrons. The number of benzene rings is 1. The number of likely N-dealkylation sites (N-methyl/N-ethyl adjacent to an activating group) is 1. The van der Waals surface area contributed by atoms with Gasteiger partial charge in [0.25, 0.3) is 18.2 Å². The summed E-state index contributed by atoms with van der Waals surface area (Å²) >= 11 is 0. The van der Waals surface area contributed by atoms with Crippen LogP contribution in [0.5, 0.6) is 0 Å². The molecule has 1 saturated heterocycles. The number of likely N-dealkylation sites (tertiary alicyclic amines) is 1. The Hall–Kier alpha value is -5.55. The van der Waals surface area contributed by atoms with Crippen molar-refractivity contribution in [3.05, 3.63) is 82.1 Å². The third-order valence-electron chi connectivity index (χ3n) is 13.0. The van der Waals surface area contributed by atoms with Crippen LogP contribution in [-0.2, 0) is 34.2 Å². The van der Waals surface area contributed by atoms with Crippen molar-refractivity contribution in [2.45, 2.75) is 102 Å². The van der Waals surface area contributed by atoms with Crippen LogP contribution in [0.2, 0.25) is 0 Å². The molecule has 1 N–H and O–H groups in total. The number of fused-ring (bicyclic) bond motifs is 1. The van der Waals surface area contributed by atoms with Crippen LogP contribution < -0.4 is 11.0 Å². The van der Waals surface area contributed by atoms with E-state index >= 15 is 0 Å². The van der Waals surface area contributed by atoms with E-state index in [0.717, 1.165) is 92.0 Å². The molecule has 3 amide bonds. The van der Waals surface area contributed by atoms with E-state index in [1.807, 2.05) is 24.3 Å². The summed E-state index contributed by atoms with van der Waals surface area (Å²) in [6.45, 7) is 3.01. The van der Waals surface area contributed by atoms with E-state index in [9.17, 15) is 28.0 Å². The number of hydrogen-bond donors (Lipinski definition) is 1. The molecule has 17 heteroatoms. The van der Waals surface area contributed by atoms with Crippen molar-refractivity contribution in [3.63, 3.8) is 0 Å². The molecule has 2 saturated carbocycles. The standard InChI is InChI=1S/C46H57F2N9O6/c1-53(22-6-24-62-23-5-8-31-7-4-9-37-41(31)55(3)46(61)57(37)38-18-19-39(58)54(2)45(38)60)26-30-13-16-34(17-14-30)56-27-35(40(52-56)42(47)48)50-43(59)36-28-63-44(51-36)32-20-21-49-33(25-32)15-12-29-10-11-29/h4,7,9,20-21,25,27-30,34,38,42H,5-6,8,10-19,22-24,26H2,1-3H3,(H,50,59). The lowest BCUT2D eigenvalue weighted by atomic mass is 9.86. The number of rotatable bonds is 19. The summed E-state index contributed by atoms with van der Waals surface area (Å²) in [6.07, 6.45) is 12.4. The molecular formula is C46H57F2N9O6. The number of para-hydroxylation sites is 1. The Labute approximate surface area is 364 Å². The molecule has 3 fully saturated rings. The quantitative estimate of drug-likeness (QED) is 0.0667. The van der Waals surface area contributed by atoms with Crippen molar-refractivity contribution in [2.75, 3.05) is 45.7 Å². The Balaban J connectivity index is 0.753. The predicted molar refractivity (Wildman–Crippen MR) is 231 cm³/mol. The molecule has 3 aliphatic rings. The number of nitrogens with one attached hydrogen (secondary N) is 1. The van der Waals surface area contributed by atoms with Crippen LogP contribution in [-0.4, -0.2) is 96.8 Å². The van der Waals surface area contributed by atoms with Gasteiger partial charge < -0.3 is 19.4 Å². The van der Waals surface area contributed by atoms with Gasteiger partial charge in [-0.1, -0.05) is 25.0 Å². The van der Waals surface area contributed by atoms with Gasteiger partial charge in [0.2, 0.25) is 11.8 Å². The first kappa shape index (κ1) is 44.1. The lowest BCUT2D eigenvalue weighted by Crippen LogP contribution is -2.45. The van der Waals surface area contributed by atoms with Crippen molar-refractivity contribution in [2.24, 2.45) is 18.9 Å². The highest BCUT2D eigenvalue weighted by molar-refractivity contribution is 6.03. The van der Waals surface area contributed by atoms with E-state index in [4.69, 9.17) is 9.15 Å². The van der Waals surface area contributed by atoms with Gasteiger partial charge in [-0.05, 0) is 107 Å². The molecule has 15 nitrogen and oxygen atoms in total. The van der Waals surface area contributed by atoms with E-state index in [0.29, 0.717) is 43.1 Å². The summed E-state index contributed by atoms with van der Waals surface area (Å²) in [6, 6.07) is 8.70. The predicted octanol–water partition coefficient (Wildman–Crippen LogP) is 7.14. The third kappa shape index (κ3) is 10.1. The fraction of sp³-hybridized carbons (Fsp3) is 0.543. The smallest absolute Gasteiger partial charge is 0.329 e. The lowest BCUT2D eigenvalue weighted by molar-refractivity contribution is -0.149. The number of oxazole rings is 1. The van der Waals surface area contributed by atoms with Gasteiger partial charge in [0, 0.05) is 70.5 Å². The zero-order chi connectivity index (χ0) is 44.2. The minimum Gasteiger partial charge on any atom is -0.444 e. The Morgan fingerprint density at radius 3 is 2.56 bits per heavy atom. The van der Waals surface area contributed by atoms with Crippen LogP contribution in [0.25, 0.3) is 22.5 Å². The molecule has 0 radical (unpaired) electrons. The van der Waals surface area contributed by atoms with Gasteiger partial charge in [-0.2, -0.15) is 5.10 Å². The third-order valence-corrected chi connectivity index (χ3v) is 13.0. The molecule has 5 aromatic rings. The van der Waals surface area contributed by atoms with Gasteiger partial charge in [0.05, 0.1) is 22.8 Å². The number of carbonyl (C=O) groups is 3. The Morgan fingerprint density at radius 2 is 1.78 bits per heavy atom. The highest BCUT2D eigenvalue weighted by atomic mass is 19.3. The van der Waals surface area contributed by atoms with Crippen LogP contribution in [0, 0.1) is 11.8 Å². The van der Waals surface area contributed by atoms with Crippen molar-refractivity contribution >= 4 is 34.4 Å². The van der Waals surface area contributed by atoms with Gasteiger partial charge in [-0.15, -0.1) is 0 Å². The molecule has 1 aromatic carbocycles. The topological polar surface area (TPSA) is 163 Å². The molecule has 1 aliphatic heterocycles. The number of piperidine rings is 1. The normalized spacial score (nSPS) is 19.5. The van der Waals surface area contributed by atoms with E-state index in [1.54, 1.807) is 28.6 Å². The number of nitrogens with zero attached hydrogens (tertiary/aromatic N) is 8. The zero-order valence-corrected chi connectivity index (χ0v) is 36.3. The minimum atomic E-state index is -2.86. The molecule has 1 unspecified atom stereocenters. The first-order chi connectivity index (χ1) is 30.4. The van der Waals surface area contributed by atoms with Gasteiger partial charge in [0.1, 0.15) is 12.3 Å². The second kappa shape index (κ2) is 19.5. The SMILES string of the molecule is CN(CCCOCCCc1cccc2c1n(C)c(=O)n2C1CCC(=O)N(C)C1=O)CC1CCC(n2cc(NC(=O)c3coc(-c4ccnc(CCC5CC5)c4)n3)c(C(F)F)n2)CC1. The molecular weight excluding hydrogens is 813 g/mol. The highest BCUT2D eigenvalue weighted by Crippen LogP contribution is 2.36. The molecule has 1 atom stereocenters. The zero-order valence-electron chi connectivity index (χ0n) is 36.3. The monoisotopic (exact) mass is 869 g/mol. The summed E-state index contributed by atoms with van der Waals surface area (Å²) in [4.78, 5) is 63.7. The fourth-order valence-electron chi connectivity index (χ4n) is 9.24. The van der Waals surface area contributed by atoms with Gasteiger partial charge in [-0.25, -0.2) is 18.6 Å². The van der Waals surface area contributed by atoms with Crippen molar-refractivity contribution in [1.82, 2.24) is 38.7 Å². The number of halogens is 2. The van der Waals surface area contributed by atoms with Crippen LogP contribution in [0.1, 0.15) is 117 Å². The first-order valence-corrected chi connectivity index (χ1v) is 22.3. The number of imidazole rings is 1.